The van der Waals surface area contributed by atoms with Crippen molar-refractivity contribution in [1.82, 2.24) is 0 Å². The average molecular weight is 520 g/mol. The molecule has 194 valence electrons. The Kier molecular flexibility index (Phi) is 6.91. The van der Waals surface area contributed by atoms with Gasteiger partial charge in [0.15, 0.2) is 5.76 Å². The van der Waals surface area contributed by atoms with E-state index in [0.29, 0.717) is 52.6 Å². The van der Waals surface area contributed by atoms with Crippen molar-refractivity contribution in [3.8, 4) is 11.5 Å². The van der Waals surface area contributed by atoms with Crippen LogP contribution in [0.1, 0.15) is 45.8 Å². The number of hydrogen-bond donors (Lipinski definition) is 2. The van der Waals surface area contributed by atoms with Gasteiger partial charge in [0.25, 0.3) is 5.91 Å². The lowest BCUT2D eigenvalue weighted by Crippen LogP contribution is -2.14. The number of carbonyl (C=O) groups is 1. The van der Waals surface area contributed by atoms with Crippen molar-refractivity contribution in [2.24, 2.45) is 5.10 Å². The predicted molar refractivity (Wildman–Crippen MR) is 139 cm³/mol. The van der Waals surface area contributed by atoms with Crippen LogP contribution in [0.3, 0.4) is 0 Å². The lowest BCUT2D eigenvalue weighted by Gasteiger charge is -2.14. The number of benzene rings is 3. The summed E-state index contributed by atoms with van der Waals surface area (Å²) in [5.74, 6) is 1.75. The summed E-state index contributed by atoms with van der Waals surface area (Å²) in [6, 6.07) is 21.2. The lowest BCUT2D eigenvalue weighted by molar-refractivity contribution is -0.137. The minimum atomic E-state index is -4.44. The molecular weight excluding hydrogens is 495 g/mol. The van der Waals surface area contributed by atoms with E-state index < -0.39 is 17.6 Å². The number of carbonyl (C=O) groups excluding carboxylic acids is 1. The van der Waals surface area contributed by atoms with Crippen molar-refractivity contribution in [2.75, 3.05) is 10.7 Å². The minimum absolute atomic E-state index is 0.174. The van der Waals surface area contributed by atoms with Gasteiger partial charge in [-0.25, -0.2) is 0 Å². The molecule has 4 aromatic rings. The van der Waals surface area contributed by atoms with Gasteiger partial charge in [0.05, 0.1) is 17.0 Å². The standard InChI is InChI=1S/C29H24F3N3O3/c1-18-26-24(35-34-21-8-5-7-19(17-21)29(30,31)32)11-6-12-25(26)38-27(18)28(36)33-20-13-15-23(16-14-20)37-22-9-3-2-4-10-22/h2-5,7-10,13-17,34H,6,11-12H2,1H3,(H,33,36)/b35-24+. The van der Waals surface area contributed by atoms with Crippen LogP contribution in [0.25, 0.3) is 0 Å². The van der Waals surface area contributed by atoms with Gasteiger partial charge in [0.2, 0.25) is 0 Å². The van der Waals surface area contributed by atoms with Crippen LogP contribution in [-0.2, 0) is 12.6 Å². The van der Waals surface area contributed by atoms with Crippen LogP contribution in [-0.4, -0.2) is 11.6 Å². The fourth-order valence-corrected chi connectivity index (χ4v) is 4.31. The van der Waals surface area contributed by atoms with Gasteiger partial charge in [-0.3, -0.25) is 10.2 Å². The van der Waals surface area contributed by atoms with E-state index in [2.05, 4.69) is 15.8 Å². The van der Waals surface area contributed by atoms with Crippen molar-refractivity contribution < 1.29 is 27.1 Å². The lowest BCUT2D eigenvalue weighted by atomic mass is 9.93. The number of halogens is 3. The normalized spacial score (nSPS) is 14.2. The Morgan fingerprint density at radius 3 is 2.39 bits per heavy atom. The second-order valence-corrected chi connectivity index (χ2v) is 8.85. The van der Waals surface area contributed by atoms with E-state index in [-0.39, 0.29) is 11.4 Å². The van der Waals surface area contributed by atoms with Crippen LogP contribution < -0.4 is 15.5 Å². The molecule has 2 N–H and O–H groups in total. The summed E-state index contributed by atoms with van der Waals surface area (Å²) in [5, 5.41) is 7.22. The van der Waals surface area contributed by atoms with Crippen molar-refractivity contribution in [2.45, 2.75) is 32.4 Å². The smallest absolute Gasteiger partial charge is 0.416 e. The second-order valence-electron chi connectivity index (χ2n) is 8.85. The molecule has 0 unspecified atom stereocenters. The topological polar surface area (TPSA) is 75.9 Å². The molecule has 0 saturated heterocycles. The van der Waals surface area contributed by atoms with E-state index in [1.807, 2.05) is 30.3 Å². The fourth-order valence-electron chi connectivity index (χ4n) is 4.31. The molecule has 1 aromatic heterocycles. The third-order valence-corrected chi connectivity index (χ3v) is 6.13. The first-order chi connectivity index (χ1) is 18.3. The molecule has 38 heavy (non-hydrogen) atoms. The zero-order valence-electron chi connectivity index (χ0n) is 20.4. The van der Waals surface area contributed by atoms with Crippen molar-refractivity contribution >= 4 is 23.0 Å². The van der Waals surface area contributed by atoms with Crippen LogP contribution in [0.15, 0.2) is 88.4 Å². The monoisotopic (exact) mass is 519 g/mol. The van der Waals surface area contributed by atoms with E-state index in [1.54, 1.807) is 31.2 Å². The van der Waals surface area contributed by atoms with Crippen LogP contribution in [0, 0.1) is 6.92 Å². The summed E-state index contributed by atoms with van der Waals surface area (Å²) in [7, 11) is 0. The molecule has 0 atom stereocenters. The number of alkyl halides is 3. The summed E-state index contributed by atoms with van der Waals surface area (Å²) in [4.78, 5) is 13.0. The minimum Gasteiger partial charge on any atom is -0.457 e. The molecule has 0 aliphatic heterocycles. The SMILES string of the molecule is Cc1c(C(=O)Nc2ccc(Oc3ccccc3)cc2)oc2c1/C(=N/Nc1cccc(C(F)(F)F)c1)CCC2. The highest BCUT2D eigenvalue weighted by molar-refractivity contribution is 6.09. The van der Waals surface area contributed by atoms with Gasteiger partial charge >= 0.3 is 6.18 Å². The number of amides is 1. The number of aryl methyl sites for hydroxylation is 1. The van der Waals surface area contributed by atoms with Gasteiger partial charge in [0.1, 0.15) is 17.3 Å². The largest absolute Gasteiger partial charge is 0.457 e. The average Bonchev–Trinajstić information content (AvgIpc) is 3.26. The van der Waals surface area contributed by atoms with Crippen molar-refractivity contribution in [1.29, 1.82) is 0 Å². The summed E-state index contributed by atoms with van der Waals surface area (Å²) in [6.07, 6.45) is -2.46. The van der Waals surface area contributed by atoms with Gasteiger partial charge in [0, 0.05) is 23.2 Å². The van der Waals surface area contributed by atoms with Crippen LogP contribution in [0.5, 0.6) is 11.5 Å². The number of rotatable bonds is 6. The molecule has 0 bridgehead atoms. The highest BCUT2D eigenvalue weighted by atomic mass is 19.4. The molecule has 1 amide bonds. The molecule has 0 fully saturated rings. The molecule has 9 heteroatoms. The number of para-hydroxylation sites is 1. The third kappa shape index (κ3) is 5.56. The molecule has 3 aromatic carbocycles. The first-order valence-electron chi connectivity index (χ1n) is 12.0. The van der Waals surface area contributed by atoms with E-state index in [4.69, 9.17) is 9.15 Å². The van der Waals surface area contributed by atoms with E-state index in [9.17, 15) is 18.0 Å². The Balaban J connectivity index is 1.31. The molecule has 6 nitrogen and oxygen atoms in total. The Hall–Kier alpha value is -4.53. The van der Waals surface area contributed by atoms with Gasteiger partial charge < -0.3 is 14.5 Å². The molecule has 1 aliphatic carbocycles. The van der Waals surface area contributed by atoms with E-state index >= 15 is 0 Å². The first-order valence-corrected chi connectivity index (χ1v) is 12.0. The molecular formula is C29H24F3N3O3. The maximum Gasteiger partial charge on any atom is 0.416 e. The van der Waals surface area contributed by atoms with Crippen LogP contribution >= 0.6 is 0 Å². The number of furan rings is 1. The Morgan fingerprint density at radius 2 is 1.66 bits per heavy atom. The zero-order chi connectivity index (χ0) is 26.7. The molecule has 0 saturated carbocycles. The van der Waals surface area contributed by atoms with Crippen LogP contribution in [0.4, 0.5) is 24.5 Å². The Bertz CT molecular complexity index is 1480. The molecule has 0 radical (unpaired) electrons. The third-order valence-electron chi connectivity index (χ3n) is 6.13. The van der Waals surface area contributed by atoms with Crippen LogP contribution in [0.2, 0.25) is 0 Å². The van der Waals surface area contributed by atoms with Gasteiger partial charge in [-0.15, -0.1) is 0 Å². The number of hydrogen-bond acceptors (Lipinski definition) is 5. The maximum atomic E-state index is 13.0. The van der Waals surface area contributed by atoms with Crippen molar-refractivity contribution in [3.63, 3.8) is 0 Å². The fraction of sp³-hybridized carbons (Fsp3) is 0.172. The number of ether oxygens (including phenoxy) is 1. The van der Waals surface area contributed by atoms with Gasteiger partial charge in [-0.05, 0) is 74.4 Å². The molecule has 1 heterocycles. The second kappa shape index (κ2) is 10.5. The molecule has 0 spiro atoms. The number of anilines is 2. The van der Waals surface area contributed by atoms with Crippen molar-refractivity contribution in [3.05, 3.63) is 107 Å². The number of fused-ring (bicyclic) bond motifs is 1. The summed E-state index contributed by atoms with van der Waals surface area (Å²) in [6.45, 7) is 1.78. The van der Waals surface area contributed by atoms with Gasteiger partial charge in [-0.2, -0.15) is 18.3 Å². The highest BCUT2D eigenvalue weighted by Gasteiger charge is 2.31. The van der Waals surface area contributed by atoms with Gasteiger partial charge in [-0.1, -0.05) is 24.3 Å². The zero-order valence-corrected chi connectivity index (χ0v) is 20.4. The summed E-state index contributed by atoms with van der Waals surface area (Å²) < 4.78 is 50.8. The number of nitrogens with one attached hydrogen (secondary N) is 2. The number of hydrazone groups is 1. The maximum absolute atomic E-state index is 13.0. The molecule has 1 aliphatic rings. The molecule has 5 rings (SSSR count). The Labute approximate surface area is 217 Å². The van der Waals surface area contributed by atoms with E-state index in [1.165, 1.54) is 12.1 Å². The highest BCUT2D eigenvalue weighted by Crippen LogP contribution is 2.32. The predicted octanol–water partition coefficient (Wildman–Crippen LogP) is 7.80. The van der Waals surface area contributed by atoms with E-state index in [0.717, 1.165) is 18.6 Å². The Morgan fingerprint density at radius 1 is 0.921 bits per heavy atom. The summed E-state index contributed by atoms with van der Waals surface area (Å²) >= 11 is 0. The number of nitrogens with zero attached hydrogens (tertiary/aromatic N) is 1. The quantitative estimate of drug-likeness (QED) is 0.255. The first kappa shape index (κ1) is 25.1. The summed E-state index contributed by atoms with van der Waals surface area (Å²) in [5.41, 5.74) is 4.74.